The first-order valence-corrected chi connectivity index (χ1v) is 22.2. The van der Waals surface area contributed by atoms with Gasteiger partial charge in [0.05, 0.1) is 11.8 Å². The predicted octanol–water partition coefficient (Wildman–Crippen LogP) is 10.4. The molecule has 0 amide bonds. The van der Waals surface area contributed by atoms with E-state index in [9.17, 15) is 51.1 Å². The Morgan fingerprint density at radius 3 is 0.853 bits per heavy atom. The van der Waals surface area contributed by atoms with E-state index in [1.165, 1.54) is 12.1 Å². The molecule has 0 radical (unpaired) electrons. The Hall–Kier alpha value is -8.64. The van der Waals surface area contributed by atoms with Gasteiger partial charge in [-0.1, -0.05) is 48.5 Å². The Balaban J connectivity index is 1.19. The van der Waals surface area contributed by atoms with Crippen LogP contribution in [0.15, 0.2) is 146 Å². The molecule has 2 aliphatic heterocycles. The number of phenolic OH excluding ortho intramolecular Hbond substituents is 10. The molecule has 2 heterocycles. The van der Waals surface area contributed by atoms with Crippen LogP contribution in [0.3, 0.4) is 0 Å². The van der Waals surface area contributed by atoms with Crippen molar-refractivity contribution in [3.8, 4) is 69.0 Å². The molecule has 0 fully saturated rings. The third-order valence-electron chi connectivity index (χ3n) is 14.4. The summed E-state index contributed by atoms with van der Waals surface area (Å²) in [5, 5.41) is 111. The summed E-state index contributed by atoms with van der Waals surface area (Å²) >= 11 is 0. The van der Waals surface area contributed by atoms with E-state index < -0.39 is 47.7 Å². The summed E-state index contributed by atoms with van der Waals surface area (Å²) in [6.07, 6.45) is -1.58. The first kappa shape index (κ1) is 40.8. The summed E-state index contributed by atoms with van der Waals surface area (Å²) in [5.74, 6) is -4.13. The van der Waals surface area contributed by atoms with Gasteiger partial charge < -0.3 is 60.5 Å². The monoisotopic (exact) mass is 906 g/mol. The smallest absolute Gasteiger partial charge is 0.135 e. The zero-order valence-electron chi connectivity index (χ0n) is 35.8. The topological polar surface area (TPSA) is 221 Å². The molecule has 12 nitrogen and oxygen atoms in total. The molecule has 10 N–H and O–H groups in total. The van der Waals surface area contributed by atoms with Gasteiger partial charge in [0.1, 0.15) is 81.2 Å². The van der Waals surface area contributed by atoms with E-state index in [0.29, 0.717) is 67.1 Å². The molecule has 8 aromatic carbocycles. The number of aromatic hydroxyl groups is 10. The van der Waals surface area contributed by atoms with Crippen LogP contribution in [0.5, 0.6) is 69.0 Å². The zero-order chi connectivity index (χ0) is 46.9. The minimum atomic E-state index is -0.792. The molecule has 0 spiro atoms. The van der Waals surface area contributed by atoms with Gasteiger partial charge in [-0.2, -0.15) is 0 Å². The van der Waals surface area contributed by atoms with Gasteiger partial charge in [0, 0.05) is 70.2 Å². The standard InChI is InChI=1S/C56H42O12/c57-31-9-1-25(2-10-31)43-47-39(65)23-41-49(45(29-17-35(61)21-36(62)18-29)55(67-41)27-5-13-33(59)14-6-27)53(47)52-44(26-3-11-32(58)12-4-26)48-40(66)24-42-50(54(48)51(43)52)46(30-19-37(63)22-38(64)20-30)56(68-42)28-7-15-34(60)16-8-28/h1-24,43-46,51-52,55-66H/t43-,44-,45-,46+,51+,52+,55-,56+/m1/s1. The Morgan fingerprint density at radius 1 is 0.250 bits per heavy atom. The zero-order valence-corrected chi connectivity index (χ0v) is 35.8. The fraction of sp³-hybridized carbons (Fsp3) is 0.143. The van der Waals surface area contributed by atoms with Crippen LogP contribution < -0.4 is 9.47 Å². The van der Waals surface area contributed by atoms with Gasteiger partial charge in [-0.3, -0.25) is 0 Å². The van der Waals surface area contributed by atoms with Crippen LogP contribution in [0.25, 0.3) is 0 Å². The molecule has 0 bridgehead atoms. The molecule has 0 aromatic heterocycles. The van der Waals surface area contributed by atoms with Crippen molar-refractivity contribution >= 4 is 0 Å². The molecule has 338 valence electrons. The maximum Gasteiger partial charge on any atom is 0.135 e. The van der Waals surface area contributed by atoms with Crippen molar-refractivity contribution in [2.24, 2.45) is 0 Å². The van der Waals surface area contributed by atoms with Crippen LogP contribution in [0.2, 0.25) is 0 Å². The average molecular weight is 907 g/mol. The number of fused-ring (bicyclic) bond motifs is 9. The first-order chi connectivity index (χ1) is 32.8. The fourth-order valence-corrected chi connectivity index (χ4v) is 12.0. The minimum Gasteiger partial charge on any atom is -0.508 e. The lowest BCUT2D eigenvalue weighted by Gasteiger charge is -2.27. The minimum absolute atomic E-state index is 0.0248. The van der Waals surface area contributed by atoms with Crippen molar-refractivity contribution in [2.45, 2.75) is 47.7 Å². The molecule has 12 heteroatoms. The summed E-state index contributed by atoms with van der Waals surface area (Å²) in [6, 6.07) is 38.6. The van der Waals surface area contributed by atoms with Crippen LogP contribution in [0.1, 0.15) is 114 Å². The normalized spacial score (nSPS) is 22.6. The maximum absolute atomic E-state index is 12.6. The number of hydrogen-bond acceptors (Lipinski definition) is 12. The number of ether oxygens (including phenoxy) is 2. The number of phenols is 10. The lowest BCUT2D eigenvalue weighted by Crippen LogP contribution is -2.15. The van der Waals surface area contributed by atoms with E-state index in [1.54, 1.807) is 133 Å². The number of benzene rings is 8. The second-order valence-electron chi connectivity index (χ2n) is 18.2. The van der Waals surface area contributed by atoms with Crippen LogP contribution in [0.4, 0.5) is 0 Å². The van der Waals surface area contributed by atoms with Crippen molar-refractivity contribution in [3.05, 3.63) is 212 Å². The molecule has 0 unspecified atom stereocenters. The van der Waals surface area contributed by atoms with E-state index in [4.69, 9.17) is 9.47 Å². The molecule has 12 rings (SSSR count). The first-order valence-electron chi connectivity index (χ1n) is 22.2. The SMILES string of the molecule is Oc1ccc([C@@H]2c3c(O)cc4c(c3[C@H]3[C@H](c5ccc(O)cc5)c5c(O)cc6c(c5[C@@H]23)[C@@H](c2cc(O)cc(O)c2)[C@@H](c2ccc(O)cc2)O6)[C@H](c2cc(O)cc(O)c2)[C@H](c2ccc(O)cc2)O4)cc1. The molecule has 0 saturated carbocycles. The summed E-state index contributed by atoms with van der Waals surface area (Å²) in [4.78, 5) is 0. The molecule has 8 atom stereocenters. The molecular formula is C56H42O12. The number of hydrogen-bond donors (Lipinski definition) is 10. The molecule has 2 aliphatic carbocycles. The highest BCUT2D eigenvalue weighted by Gasteiger charge is 2.59. The summed E-state index contributed by atoms with van der Waals surface area (Å²) in [5.41, 5.74) is 7.62. The number of rotatable bonds is 6. The maximum atomic E-state index is 12.6. The van der Waals surface area contributed by atoms with E-state index in [2.05, 4.69) is 0 Å². The van der Waals surface area contributed by atoms with E-state index in [1.807, 2.05) is 0 Å². The van der Waals surface area contributed by atoms with Crippen molar-refractivity contribution < 1.29 is 60.5 Å². The van der Waals surface area contributed by atoms with Gasteiger partial charge in [0.15, 0.2) is 0 Å². The van der Waals surface area contributed by atoms with Crippen molar-refractivity contribution in [1.29, 1.82) is 0 Å². The van der Waals surface area contributed by atoms with Crippen molar-refractivity contribution in [3.63, 3.8) is 0 Å². The third-order valence-corrected chi connectivity index (χ3v) is 14.4. The fourth-order valence-electron chi connectivity index (χ4n) is 12.0. The highest BCUT2D eigenvalue weighted by molar-refractivity contribution is 5.75. The van der Waals surface area contributed by atoms with Crippen LogP contribution >= 0.6 is 0 Å². The van der Waals surface area contributed by atoms with Crippen LogP contribution in [0, 0.1) is 0 Å². The molecule has 0 saturated heterocycles. The quantitative estimate of drug-likeness (QED) is 0.0753. The van der Waals surface area contributed by atoms with Gasteiger partial charge in [0.2, 0.25) is 0 Å². The van der Waals surface area contributed by atoms with Gasteiger partial charge in [-0.05, 0) is 117 Å². The Kier molecular flexibility index (Phi) is 8.97. The van der Waals surface area contributed by atoms with Crippen LogP contribution in [-0.2, 0) is 0 Å². The lowest BCUT2D eigenvalue weighted by atomic mass is 9.74. The summed E-state index contributed by atoms with van der Waals surface area (Å²) in [6.45, 7) is 0. The summed E-state index contributed by atoms with van der Waals surface area (Å²) in [7, 11) is 0. The van der Waals surface area contributed by atoms with E-state index >= 15 is 0 Å². The molecule has 8 aromatic rings. The summed E-state index contributed by atoms with van der Waals surface area (Å²) < 4.78 is 13.8. The highest BCUT2D eigenvalue weighted by atomic mass is 16.5. The van der Waals surface area contributed by atoms with Gasteiger partial charge in [-0.25, -0.2) is 0 Å². The van der Waals surface area contributed by atoms with E-state index in [0.717, 1.165) is 11.1 Å². The van der Waals surface area contributed by atoms with Gasteiger partial charge >= 0.3 is 0 Å². The average Bonchev–Trinajstić information content (AvgIpc) is 4.05. The molecule has 68 heavy (non-hydrogen) atoms. The van der Waals surface area contributed by atoms with Crippen molar-refractivity contribution in [1.82, 2.24) is 0 Å². The van der Waals surface area contributed by atoms with Gasteiger partial charge in [0.25, 0.3) is 0 Å². The van der Waals surface area contributed by atoms with Gasteiger partial charge in [-0.15, -0.1) is 0 Å². The second-order valence-corrected chi connectivity index (χ2v) is 18.2. The second kappa shape index (κ2) is 14.9. The predicted molar refractivity (Wildman–Crippen MR) is 248 cm³/mol. The third kappa shape index (κ3) is 6.20. The molecular weight excluding hydrogens is 865 g/mol. The Bertz CT molecular complexity index is 3070. The largest absolute Gasteiger partial charge is 0.508 e. The van der Waals surface area contributed by atoms with Crippen LogP contribution in [-0.4, -0.2) is 51.1 Å². The van der Waals surface area contributed by atoms with E-state index in [-0.39, 0.29) is 57.5 Å². The molecule has 4 aliphatic rings. The highest BCUT2D eigenvalue weighted by Crippen LogP contribution is 2.74. The van der Waals surface area contributed by atoms with Crippen molar-refractivity contribution in [2.75, 3.05) is 0 Å². The Labute approximate surface area is 388 Å². The Morgan fingerprint density at radius 2 is 0.544 bits per heavy atom. The lowest BCUT2D eigenvalue weighted by molar-refractivity contribution is 0.221.